The highest BCUT2D eigenvalue weighted by Crippen LogP contribution is 2.28. The van der Waals surface area contributed by atoms with E-state index in [4.69, 9.17) is 16.3 Å². The van der Waals surface area contributed by atoms with Gasteiger partial charge in [0.1, 0.15) is 17.5 Å². The summed E-state index contributed by atoms with van der Waals surface area (Å²) in [6.45, 7) is 1.46. The summed E-state index contributed by atoms with van der Waals surface area (Å²) in [7, 11) is -2.61. The van der Waals surface area contributed by atoms with Crippen LogP contribution in [0.2, 0.25) is 5.02 Å². The average Bonchev–Trinajstić information content (AvgIpc) is 2.80. The van der Waals surface area contributed by atoms with E-state index in [0.717, 1.165) is 10.6 Å². The van der Waals surface area contributed by atoms with E-state index >= 15 is 0 Å². The lowest BCUT2D eigenvalue weighted by molar-refractivity contribution is -0.116. The van der Waals surface area contributed by atoms with Crippen LogP contribution < -0.4 is 14.4 Å². The first kappa shape index (κ1) is 25.1. The Labute approximate surface area is 203 Å². The fourth-order valence-corrected chi connectivity index (χ4v) is 4.58. The Kier molecular flexibility index (Phi) is 7.80. The molecule has 0 aromatic heterocycles. The fourth-order valence-electron chi connectivity index (χ4n) is 3.21. The second-order valence-corrected chi connectivity index (χ2v) is 9.59. The maximum absolute atomic E-state index is 12.9. The van der Waals surface area contributed by atoms with Gasteiger partial charge < -0.3 is 14.8 Å². The topological polar surface area (TPSA) is 102 Å². The Balaban J connectivity index is 1.81. The van der Waals surface area contributed by atoms with Crippen LogP contribution in [0.3, 0.4) is 0 Å². The molecule has 0 aliphatic heterocycles. The first-order chi connectivity index (χ1) is 16.1. The number of halogens is 1. The van der Waals surface area contributed by atoms with E-state index in [1.165, 1.54) is 32.2 Å². The van der Waals surface area contributed by atoms with E-state index in [9.17, 15) is 18.0 Å². The minimum absolute atomic E-state index is 0.0728. The van der Waals surface area contributed by atoms with Crippen molar-refractivity contribution >= 4 is 44.9 Å². The van der Waals surface area contributed by atoms with Gasteiger partial charge in [-0.1, -0.05) is 29.8 Å². The number of sulfonamides is 1. The van der Waals surface area contributed by atoms with E-state index in [1.54, 1.807) is 36.4 Å². The largest absolute Gasteiger partial charge is 0.465 e. The number of rotatable bonds is 8. The number of para-hydroxylation sites is 1. The number of carbonyl (C=O) groups is 2. The zero-order valence-corrected chi connectivity index (χ0v) is 20.3. The zero-order valence-electron chi connectivity index (χ0n) is 18.7. The summed E-state index contributed by atoms with van der Waals surface area (Å²) in [4.78, 5) is 24.8. The van der Waals surface area contributed by atoms with Gasteiger partial charge in [0.2, 0.25) is 15.9 Å². The van der Waals surface area contributed by atoms with Crippen molar-refractivity contribution in [1.82, 2.24) is 0 Å². The van der Waals surface area contributed by atoms with Gasteiger partial charge in [-0.05, 0) is 61.5 Å². The zero-order chi connectivity index (χ0) is 24.9. The molecule has 3 aromatic carbocycles. The van der Waals surface area contributed by atoms with Crippen LogP contribution in [0, 0.1) is 0 Å². The molecule has 0 saturated heterocycles. The molecule has 0 bridgehead atoms. The predicted molar refractivity (Wildman–Crippen MR) is 131 cm³/mol. The van der Waals surface area contributed by atoms with Gasteiger partial charge in [0.05, 0.1) is 29.6 Å². The molecule has 0 spiro atoms. The molecule has 0 saturated carbocycles. The molecule has 1 atom stereocenters. The lowest BCUT2D eigenvalue weighted by Crippen LogP contribution is -2.45. The number of hydrogen-bond acceptors (Lipinski definition) is 6. The van der Waals surface area contributed by atoms with E-state index in [0.29, 0.717) is 11.5 Å². The Morgan fingerprint density at radius 2 is 1.59 bits per heavy atom. The molecule has 1 unspecified atom stereocenters. The van der Waals surface area contributed by atoms with Gasteiger partial charge in [0.25, 0.3) is 0 Å². The van der Waals surface area contributed by atoms with Crippen molar-refractivity contribution in [3.8, 4) is 11.5 Å². The number of anilines is 2. The summed E-state index contributed by atoms with van der Waals surface area (Å²) < 4.78 is 36.6. The normalized spacial score (nSPS) is 11.9. The maximum Gasteiger partial charge on any atom is 0.339 e. The van der Waals surface area contributed by atoms with Crippen LogP contribution in [-0.4, -0.2) is 39.7 Å². The van der Waals surface area contributed by atoms with Crippen molar-refractivity contribution in [2.24, 2.45) is 0 Å². The summed E-state index contributed by atoms with van der Waals surface area (Å²) in [6, 6.07) is 18.7. The van der Waals surface area contributed by atoms with Crippen LogP contribution in [0.1, 0.15) is 17.3 Å². The third-order valence-electron chi connectivity index (χ3n) is 4.80. The Morgan fingerprint density at radius 3 is 2.18 bits per heavy atom. The summed E-state index contributed by atoms with van der Waals surface area (Å²) in [5.41, 5.74) is 0.627. The van der Waals surface area contributed by atoms with Crippen LogP contribution in [0.5, 0.6) is 11.5 Å². The van der Waals surface area contributed by atoms with Crippen molar-refractivity contribution < 1.29 is 27.5 Å². The lowest BCUT2D eigenvalue weighted by Gasteiger charge is -2.28. The van der Waals surface area contributed by atoms with Crippen molar-refractivity contribution in [1.29, 1.82) is 0 Å². The number of hydrogen-bond donors (Lipinski definition) is 1. The number of methoxy groups -OCH3 is 1. The second-order valence-electron chi connectivity index (χ2n) is 7.32. The molecule has 0 fully saturated rings. The highest BCUT2D eigenvalue weighted by atomic mass is 35.5. The Bertz CT molecular complexity index is 1280. The average molecular weight is 503 g/mol. The second kappa shape index (κ2) is 10.6. The summed E-state index contributed by atoms with van der Waals surface area (Å²) in [5.74, 6) is -0.118. The van der Waals surface area contributed by atoms with Gasteiger partial charge >= 0.3 is 5.97 Å². The molecule has 8 nitrogen and oxygen atoms in total. The maximum atomic E-state index is 12.9. The summed E-state index contributed by atoms with van der Waals surface area (Å²) in [6.07, 6.45) is 1.02. The SMILES string of the molecule is COC(=O)c1cc(NC(=O)C(C)N(c2ccc(Oc3ccccc3)cc2)S(C)(=O)=O)ccc1Cl. The highest BCUT2D eigenvalue weighted by molar-refractivity contribution is 7.92. The highest BCUT2D eigenvalue weighted by Gasteiger charge is 2.29. The first-order valence-electron chi connectivity index (χ1n) is 10.1. The van der Waals surface area contributed by atoms with Gasteiger partial charge in [-0.2, -0.15) is 0 Å². The standard InChI is InChI=1S/C24H23ClN2O6S/c1-16(23(28)26-17-9-14-22(25)21(15-17)24(29)32-2)27(34(3,30)31)18-10-12-20(13-11-18)33-19-7-5-4-6-8-19/h4-16H,1-3H3,(H,26,28). The van der Waals surface area contributed by atoms with Crippen LogP contribution >= 0.6 is 11.6 Å². The number of carbonyl (C=O) groups excluding carboxylic acids is 2. The van der Waals surface area contributed by atoms with E-state index in [1.807, 2.05) is 18.2 Å². The van der Waals surface area contributed by atoms with Crippen LogP contribution in [0.25, 0.3) is 0 Å². The monoisotopic (exact) mass is 502 g/mol. The fraction of sp³-hybridized carbons (Fsp3) is 0.167. The van der Waals surface area contributed by atoms with Crippen LogP contribution in [0.4, 0.5) is 11.4 Å². The number of nitrogens with one attached hydrogen (secondary N) is 1. The molecule has 178 valence electrons. The van der Waals surface area contributed by atoms with Crippen molar-refractivity contribution in [3.63, 3.8) is 0 Å². The summed E-state index contributed by atoms with van der Waals surface area (Å²) >= 11 is 6.01. The number of amides is 1. The first-order valence-corrected chi connectivity index (χ1v) is 12.3. The van der Waals surface area contributed by atoms with Gasteiger partial charge in [-0.3, -0.25) is 9.10 Å². The van der Waals surface area contributed by atoms with E-state index < -0.39 is 27.9 Å². The van der Waals surface area contributed by atoms with E-state index in [2.05, 4.69) is 10.1 Å². The quantitative estimate of drug-likeness (QED) is 0.447. The third-order valence-corrected chi connectivity index (χ3v) is 6.37. The molecule has 1 amide bonds. The van der Waals surface area contributed by atoms with E-state index in [-0.39, 0.29) is 22.0 Å². The number of nitrogens with zero attached hydrogens (tertiary/aromatic N) is 1. The van der Waals surface area contributed by atoms with Crippen molar-refractivity contribution in [3.05, 3.63) is 83.4 Å². The van der Waals surface area contributed by atoms with Crippen molar-refractivity contribution in [2.45, 2.75) is 13.0 Å². The van der Waals surface area contributed by atoms with Crippen LogP contribution in [0.15, 0.2) is 72.8 Å². The number of esters is 1. The summed E-state index contributed by atoms with van der Waals surface area (Å²) in [5, 5.41) is 2.78. The minimum atomic E-state index is -3.82. The molecule has 0 heterocycles. The molecular formula is C24H23ClN2O6S. The molecule has 0 radical (unpaired) electrons. The van der Waals surface area contributed by atoms with Gasteiger partial charge in [-0.25, -0.2) is 13.2 Å². The molecule has 34 heavy (non-hydrogen) atoms. The molecule has 0 aliphatic carbocycles. The molecular weight excluding hydrogens is 480 g/mol. The van der Waals surface area contributed by atoms with Gasteiger partial charge in [-0.15, -0.1) is 0 Å². The molecule has 3 aromatic rings. The Hall–Kier alpha value is -3.56. The lowest BCUT2D eigenvalue weighted by atomic mass is 10.2. The molecule has 0 aliphatic rings. The van der Waals surface area contributed by atoms with Gasteiger partial charge in [0.15, 0.2) is 0 Å². The molecule has 3 rings (SSSR count). The minimum Gasteiger partial charge on any atom is -0.465 e. The molecule has 10 heteroatoms. The Morgan fingerprint density at radius 1 is 0.971 bits per heavy atom. The number of benzene rings is 3. The molecule has 1 N–H and O–H groups in total. The smallest absolute Gasteiger partial charge is 0.339 e. The van der Waals surface area contributed by atoms with Crippen LogP contribution in [-0.2, 0) is 19.6 Å². The predicted octanol–water partition coefficient (Wildman–Crippen LogP) is 4.71. The number of ether oxygens (including phenoxy) is 2. The van der Waals surface area contributed by atoms with Gasteiger partial charge in [0, 0.05) is 5.69 Å². The van der Waals surface area contributed by atoms with Crippen molar-refractivity contribution in [2.75, 3.05) is 23.0 Å². The third kappa shape index (κ3) is 6.06.